The van der Waals surface area contributed by atoms with Crippen LogP contribution in [0.4, 0.5) is 13.2 Å². The van der Waals surface area contributed by atoms with Crippen molar-refractivity contribution in [1.29, 1.82) is 0 Å². The lowest BCUT2D eigenvalue weighted by molar-refractivity contribution is -0.137. The molecule has 2 rings (SSSR count). The van der Waals surface area contributed by atoms with Crippen LogP contribution in [0.1, 0.15) is 16.7 Å². The number of hydrogen-bond donors (Lipinski definition) is 1. The Labute approximate surface area is 108 Å². The summed E-state index contributed by atoms with van der Waals surface area (Å²) in [5, 5.41) is 3.05. The lowest BCUT2D eigenvalue weighted by atomic mass is 10.1. The fourth-order valence-corrected chi connectivity index (χ4v) is 1.63. The van der Waals surface area contributed by atoms with Crippen LogP contribution >= 0.6 is 0 Å². The molecule has 0 saturated carbocycles. The Morgan fingerprint density at radius 1 is 1.00 bits per heavy atom. The molecule has 0 aliphatic rings. The molecule has 0 fully saturated rings. The number of halogens is 3. The quantitative estimate of drug-likeness (QED) is 0.925. The molecule has 1 aromatic carbocycles. The Hall–Kier alpha value is -1.95. The second-order valence-corrected chi connectivity index (χ2v) is 4.05. The van der Waals surface area contributed by atoms with Gasteiger partial charge in [-0.1, -0.05) is 18.2 Å². The van der Waals surface area contributed by atoms with Gasteiger partial charge in [-0.2, -0.15) is 13.2 Å². The van der Waals surface area contributed by atoms with Crippen LogP contribution in [-0.2, 0) is 19.3 Å². The molecule has 0 aliphatic heterocycles. The fourth-order valence-electron chi connectivity index (χ4n) is 1.63. The van der Waals surface area contributed by atoms with Crippen molar-refractivity contribution in [2.45, 2.75) is 19.3 Å². The fraction of sp³-hybridized carbons (Fsp3) is 0.231. The van der Waals surface area contributed by atoms with Gasteiger partial charge in [0, 0.05) is 31.0 Å². The Balaban J connectivity index is 1.93. The van der Waals surface area contributed by atoms with Gasteiger partial charge in [0.05, 0.1) is 5.56 Å². The van der Waals surface area contributed by atoms with Crippen LogP contribution < -0.4 is 5.32 Å². The second kappa shape index (κ2) is 5.79. The molecular weight excluding hydrogens is 255 g/mol. The average molecular weight is 267 g/mol. The van der Waals surface area contributed by atoms with Crippen molar-refractivity contribution in [3.05, 3.63) is 59.7 Å². The van der Waals surface area contributed by atoms with Gasteiger partial charge in [-0.05, 0) is 11.6 Å². The molecule has 6 heteroatoms. The van der Waals surface area contributed by atoms with E-state index in [4.69, 9.17) is 0 Å². The van der Waals surface area contributed by atoms with E-state index in [0.29, 0.717) is 18.7 Å². The maximum atomic E-state index is 12.5. The van der Waals surface area contributed by atoms with Crippen molar-refractivity contribution < 1.29 is 13.2 Å². The minimum atomic E-state index is -4.30. The van der Waals surface area contributed by atoms with E-state index < -0.39 is 11.7 Å². The van der Waals surface area contributed by atoms with Gasteiger partial charge < -0.3 is 5.32 Å². The Bertz CT molecular complexity index is 526. The van der Waals surface area contributed by atoms with E-state index in [2.05, 4.69) is 15.3 Å². The molecule has 0 unspecified atom stereocenters. The van der Waals surface area contributed by atoms with Crippen molar-refractivity contribution in [3.63, 3.8) is 0 Å². The monoisotopic (exact) mass is 267 g/mol. The molecule has 0 atom stereocenters. The molecule has 0 radical (unpaired) electrons. The first-order valence-electron chi connectivity index (χ1n) is 5.66. The van der Waals surface area contributed by atoms with Crippen molar-refractivity contribution >= 4 is 0 Å². The predicted molar refractivity (Wildman–Crippen MR) is 64.0 cm³/mol. The highest BCUT2D eigenvalue weighted by molar-refractivity contribution is 5.25. The van der Waals surface area contributed by atoms with Crippen LogP contribution in [0.3, 0.4) is 0 Å². The van der Waals surface area contributed by atoms with E-state index in [1.807, 2.05) is 0 Å². The number of aromatic nitrogens is 2. The van der Waals surface area contributed by atoms with Gasteiger partial charge in [-0.25, -0.2) is 9.97 Å². The number of benzene rings is 1. The maximum Gasteiger partial charge on any atom is 0.416 e. The molecular formula is C13H12F3N3. The highest BCUT2D eigenvalue weighted by Crippen LogP contribution is 2.29. The van der Waals surface area contributed by atoms with E-state index in [-0.39, 0.29) is 0 Å². The van der Waals surface area contributed by atoms with Gasteiger partial charge in [0.1, 0.15) is 6.33 Å². The third kappa shape index (κ3) is 4.03. The van der Waals surface area contributed by atoms with Crippen LogP contribution in [0.15, 0.2) is 43.0 Å². The summed E-state index contributed by atoms with van der Waals surface area (Å²) in [5.41, 5.74) is 0.844. The molecule has 1 aromatic heterocycles. The molecule has 0 saturated heterocycles. The zero-order chi connectivity index (χ0) is 13.7. The van der Waals surface area contributed by atoms with Crippen molar-refractivity contribution in [2.24, 2.45) is 0 Å². The smallest absolute Gasteiger partial charge is 0.309 e. The van der Waals surface area contributed by atoms with Crippen molar-refractivity contribution in [2.75, 3.05) is 0 Å². The molecule has 100 valence electrons. The third-order valence-electron chi connectivity index (χ3n) is 2.53. The Morgan fingerprint density at radius 2 is 1.68 bits per heavy atom. The minimum Gasteiger partial charge on any atom is -0.309 e. The van der Waals surface area contributed by atoms with E-state index >= 15 is 0 Å². The number of nitrogens with one attached hydrogen (secondary N) is 1. The molecule has 0 aliphatic carbocycles. The number of alkyl halides is 3. The van der Waals surface area contributed by atoms with Gasteiger partial charge in [0.25, 0.3) is 0 Å². The van der Waals surface area contributed by atoms with Crippen LogP contribution in [0.25, 0.3) is 0 Å². The summed E-state index contributed by atoms with van der Waals surface area (Å²) in [6.07, 6.45) is 0.442. The van der Waals surface area contributed by atoms with E-state index in [9.17, 15) is 13.2 Å². The predicted octanol–water partition coefficient (Wildman–Crippen LogP) is 2.79. The molecule has 0 amide bonds. The Kier molecular flexibility index (Phi) is 4.11. The van der Waals surface area contributed by atoms with Gasteiger partial charge >= 0.3 is 6.18 Å². The Morgan fingerprint density at radius 3 is 2.37 bits per heavy atom. The molecule has 3 nitrogen and oxygen atoms in total. The van der Waals surface area contributed by atoms with Gasteiger partial charge in [0.15, 0.2) is 0 Å². The van der Waals surface area contributed by atoms with Crippen LogP contribution in [0, 0.1) is 0 Å². The lowest BCUT2D eigenvalue weighted by Crippen LogP contribution is -2.14. The van der Waals surface area contributed by atoms with E-state index in [1.54, 1.807) is 18.5 Å². The standard InChI is InChI=1S/C13H12F3N3/c14-13(15,16)12-3-1-2-10(4-12)5-17-6-11-7-18-9-19-8-11/h1-4,7-9,17H,5-6H2. The highest BCUT2D eigenvalue weighted by atomic mass is 19.4. The first-order valence-corrected chi connectivity index (χ1v) is 5.66. The van der Waals surface area contributed by atoms with Gasteiger partial charge in [-0.3, -0.25) is 0 Å². The van der Waals surface area contributed by atoms with Gasteiger partial charge in [0.2, 0.25) is 0 Å². The van der Waals surface area contributed by atoms with Crippen molar-refractivity contribution in [1.82, 2.24) is 15.3 Å². The van der Waals surface area contributed by atoms with E-state index in [1.165, 1.54) is 12.4 Å². The van der Waals surface area contributed by atoms with E-state index in [0.717, 1.165) is 17.7 Å². The zero-order valence-electron chi connectivity index (χ0n) is 9.98. The topological polar surface area (TPSA) is 37.8 Å². The molecule has 0 bridgehead atoms. The molecule has 19 heavy (non-hydrogen) atoms. The first-order chi connectivity index (χ1) is 9.05. The molecule has 0 spiro atoms. The normalized spacial score (nSPS) is 11.5. The molecule has 1 N–H and O–H groups in total. The van der Waals surface area contributed by atoms with Crippen LogP contribution in [0.2, 0.25) is 0 Å². The number of rotatable bonds is 4. The van der Waals surface area contributed by atoms with Gasteiger partial charge in [-0.15, -0.1) is 0 Å². The summed E-state index contributed by atoms with van der Waals surface area (Å²) in [6.45, 7) is 0.871. The third-order valence-corrected chi connectivity index (χ3v) is 2.53. The average Bonchev–Trinajstić information content (AvgIpc) is 2.39. The maximum absolute atomic E-state index is 12.5. The zero-order valence-corrected chi connectivity index (χ0v) is 9.98. The van der Waals surface area contributed by atoms with Crippen LogP contribution in [-0.4, -0.2) is 9.97 Å². The minimum absolute atomic E-state index is 0.360. The first kappa shape index (κ1) is 13.5. The van der Waals surface area contributed by atoms with Crippen molar-refractivity contribution in [3.8, 4) is 0 Å². The lowest BCUT2D eigenvalue weighted by Gasteiger charge is -2.09. The summed E-state index contributed by atoms with van der Waals surface area (Å²) < 4.78 is 37.6. The largest absolute Gasteiger partial charge is 0.416 e. The summed E-state index contributed by atoms with van der Waals surface area (Å²) in [5.74, 6) is 0. The summed E-state index contributed by atoms with van der Waals surface area (Å²) in [7, 11) is 0. The summed E-state index contributed by atoms with van der Waals surface area (Å²) >= 11 is 0. The number of nitrogens with zero attached hydrogens (tertiary/aromatic N) is 2. The highest BCUT2D eigenvalue weighted by Gasteiger charge is 2.30. The SMILES string of the molecule is FC(F)(F)c1cccc(CNCc2cncnc2)c1. The molecule has 2 aromatic rings. The summed E-state index contributed by atoms with van der Waals surface area (Å²) in [6, 6.07) is 5.28. The van der Waals surface area contributed by atoms with Crippen LogP contribution in [0.5, 0.6) is 0 Å². The molecule has 1 heterocycles. The summed E-state index contributed by atoms with van der Waals surface area (Å²) in [4.78, 5) is 7.71. The second-order valence-electron chi connectivity index (χ2n) is 4.05. The number of hydrogen-bond acceptors (Lipinski definition) is 3.